The van der Waals surface area contributed by atoms with Gasteiger partial charge in [-0.1, -0.05) is 0 Å². The summed E-state index contributed by atoms with van der Waals surface area (Å²) in [5.74, 6) is -0.449. The van der Waals surface area contributed by atoms with Crippen molar-refractivity contribution in [1.29, 1.82) is 0 Å². The molecule has 0 aliphatic carbocycles. The van der Waals surface area contributed by atoms with E-state index < -0.39 is 35.9 Å². The number of β-amino-alcohol motifs (C(OH)–C–C–N with tert-alkyl or cyclic N) is 1. The number of likely N-dealkylation sites (tertiary alicyclic amines) is 1. The predicted octanol–water partition coefficient (Wildman–Crippen LogP) is -0.584. The molecular formula is C12H22N2O5. The van der Waals surface area contributed by atoms with Crippen molar-refractivity contribution in [2.75, 3.05) is 20.6 Å². The summed E-state index contributed by atoms with van der Waals surface area (Å²) in [6.07, 6.45) is -3.17. The molecule has 3 atom stereocenters. The first-order valence-electron chi connectivity index (χ1n) is 6.11. The van der Waals surface area contributed by atoms with Gasteiger partial charge in [0.2, 0.25) is 5.91 Å². The van der Waals surface area contributed by atoms with E-state index in [1.54, 1.807) is 20.8 Å². The number of aliphatic hydroxyl groups excluding tert-OH is 2. The Morgan fingerprint density at radius 1 is 1.26 bits per heavy atom. The van der Waals surface area contributed by atoms with Crippen LogP contribution >= 0.6 is 0 Å². The number of carbonyl (C=O) groups is 2. The van der Waals surface area contributed by atoms with Crippen LogP contribution in [0.3, 0.4) is 0 Å². The molecule has 0 radical (unpaired) electrons. The summed E-state index contributed by atoms with van der Waals surface area (Å²) in [6, 6.07) is -1.11. The lowest BCUT2D eigenvalue weighted by Crippen LogP contribution is -2.51. The minimum absolute atomic E-state index is 0.125. The van der Waals surface area contributed by atoms with E-state index in [9.17, 15) is 19.8 Å². The molecule has 0 bridgehead atoms. The third-order valence-electron chi connectivity index (χ3n) is 2.76. The average molecular weight is 274 g/mol. The Morgan fingerprint density at radius 3 is 2.21 bits per heavy atom. The molecule has 19 heavy (non-hydrogen) atoms. The normalized spacial score (nSPS) is 27.3. The smallest absolute Gasteiger partial charge is 0.411 e. The zero-order valence-corrected chi connectivity index (χ0v) is 12.0. The summed E-state index contributed by atoms with van der Waals surface area (Å²) in [7, 11) is 3.04. The van der Waals surface area contributed by atoms with Gasteiger partial charge in [0.1, 0.15) is 23.9 Å². The van der Waals surface area contributed by atoms with E-state index in [0.717, 1.165) is 4.90 Å². The molecular weight excluding hydrogens is 252 g/mol. The fourth-order valence-corrected chi connectivity index (χ4v) is 1.87. The molecule has 0 spiro atoms. The number of aliphatic hydroxyl groups is 2. The third-order valence-corrected chi connectivity index (χ3v) is 2.76. The topological polar surface area (TPSA) is 90.3 Å². The van der Waals surface area contributed by atoms with Crippen molar-refractivity contribution in [1.82, 2.24) is 9.80 Å². The number of rotatable bonds is 1. The molecule has 7 nitrogen and oxygen atoms in total. The lowest BCUT2D eigenvalue weighted by atomic mass is 10.1. The van der Waals surface area contributed by atoms with E-state index in [2.05, 4.69) is 0 Å². The number of nitrogens with zero attached hydrogens (tertiary/aromatic N) is 2. The zero-order chi connectivity index (χ0) is 15.0. The number of carbonyl (C=O) groups excluding carboxylic acids is 2. The molecule has 2 amide bonds. The van der Waals surface area contributed by atoms with Crippen LogP contribution in [0.1, 0.15) is 20.8 Å². The Bertz CT molecular complexity index is 364. The lowest BCUT2D eigenvalue weighted by molar-refractivity contribution is -0.136. The van der Waals surface area contributed by atoms with Crippen LogP contribution in [0.25, 0.3) is 0 Å². The molecule has 0 aromatic rings. The SMILES string of the molecule is CN(C)C(=O)[C@@H]1C(O)C(O)CN1C(=O)OC(C)(C)C. The van der Waals surface area contributed by atoms with Crippen LogP contribution < -0.4 is 0 Å². The van der Waals surface area contributed by atoms with Gasteiger partial charge >= 0.3 is 6.09 Å². The van der Waals surface area contributed by atoms with Crippen molar-refractivity contribution in [2.45, 2.75) is 44.6 Å². The lowest BCUT2D eigenvalue weighted by Gasteiger charge is -2.29. The summed E-state index contributed by atoms with van der Waals surface area (Å²) in [4.78, 5) is 26.3. The summed E-state index contributed by atoms with van der Waals surface area (Å²) >= 11 is 0. The number of ether oxygens (including phenoxy) is 1. The van der Waals surface area contributed by atoms with Gasteiger partial charge in [-0.15, -0.1) is 0 Å². The van der Waals surface area contributed by atoms with E-state index in [1.165, 1.54) is 19.0 Å². The highest BCUT2D eigenvalue weighted by molar-refractivity contribution is 5.87. The molecule has 1 aliphatic heterocycles. The van der Waals surface area contributed by atoms with E-state index in [1.807, 2.05) is 0 Å². The fraction of sp³-hybridized carbons (Fsp3) is 0.833. The van der Waals surface area contributed by atoms with Crippen LogP contribution in [-0.2, 0) is 9.53 Å². The molecule has 1 fully saturated rings. The molecule has 110 valence electrons. The molecule has 2 N–H and O–H groups in total. The second-order valence-corrected chi connectivity index (χ2v) is 5.87. The van der Waals surface area contributed by atoms with Gasteiger partial charge in [-0.2, -0.15) is 0 Å². The van der Waals surface area contributed by atoms with Gasteiger partial charge in [0.25, 0.3) is 0 Å². The summed E-state index contributed by atoms with van der Waals surface area (Å²) in [5.41, 5.74) is -0.707. The number of hydrogen-bond donors (Lipinski definition) is 2. The van der Waals surface area contributed by atoms with Crippen LogP contribution in [0.2, 0.25) is 0 Å². The van der Waals surface area contributed by atoms with Crippen LogP contribution in [0.15, 0.2) is 0 Å². The number of hydrogen-bond acceptors (Lipinski definition) is 5. The van der Waals surface area contributed by atoms with Gasteiger partial charge < -0.3 is 19.8 Å². The van der Waals surface area contributed by atoms with Gasteiger partial charge in [0.15, 0.2) is 0 Å². The number of amides is 2. The van der Waals surface area contributed by atoms with E-state index in [4.69, 9.17) is 4.74 Å². The standard InChI is InChI=1S/C12H22N2O5/c1-12(2,3)19-11(18)14-6-7(15)9(16)8(14)10(17)13(4)5/h7-9,15-16H,6H2,1-5H3/t7?,8-,9?/m0/s1. The summed E-state index contributed by atoms with van der Waals surface area (Å²) in [5, 5.41) is 19.5. The van der Waals surface area contributed by atoms with Crippen LogP contribution in [0, 0.1) is 0 Å². The monoisotopic (exact) mass is 274 g/mol. The van der Waals surface area contributed by atoms with Crippen molar-refractivity contribution >= 4 is 12.0 Å². The van der Waals surface area contributed by atoms with Crippen molar-refractivity contribution in [3.8, 4) is 0 Å². The van der Waals surface area contributed by atoms with Gasteiger partial charge in [0, 0.05) is 14.1 Å². The highest BCUT2D eigenvalue weighted by Gasteiger charge is 2.48. The molecule has 1 rings (SSSR count). The molecule has 7 heteroatoms. The number of likely N-dealkylation sites (N-methyl/N-ethyl adjacent to an activating group) is 1. The minimum atomic E-state index is -1.30. The maximum Gasteiger partial charge on any atom is 0.411 e. The van der Waals surface area contributed by atoms with E-state index in [-0.39, 0.29) is 6.54 Å². The Hall–Kier alpha value is -1.34. The van der Waals surface area contributed by atoms with Gasteiger partial charge in [-0.25, -0.2) is 4.79 Å². The Morgan fingerprint density at radius 2 is 1.79 bits per heavy atom. The Labute approximate surface area is 112 Å². The Balaban J connectivity index is 2.91. The molecule has 1 heterocycles. The second-order valence-electron chi connectivity index (χ2n) is 5.87. The first kappa shape index (κ1) is 15.7. The van der Waals surface area contributed by atoms with Crippen molar-refractivity contribution in [3.05, 3.63) is 0 Å². The van der Waals surface area contributed by atoms with E-state index in [0.29, 0.717) is 0 Å². The maximum absolute atomic E-state index is 12.0. The van der Waals surface area contributed by atoms with Gasteiger partial charge in [0.05, 0.1) is 6.54 Å². The molecule has 1 aliphatic rings. The van der Waals surface area contributed by atoms with Crippen LogP contribution in [0.4, 0.5) is 4.79 Å². The molecule has 0 saturated carbocycles. The summed E-state index contributed by atoms with van der Waals surface area (Å²) < 4.78 is 5.17. The zero-order valence-electron chi connectivity index (χ0n) is 12.0. The quantitative estimate of drug-likeness (QED) is 0.667. The minimum Gasteiger partial charge on any atom is -0.444 e. The van der Waals surface area contributed by atoms with Crippen LogP contribution in [0.5, 0.6) is 0 Å². The molecule has 2 unspecified atom stereocenters. The molecule has 1 saturated heterocycles. The maximum atomic E-state index is 12.0. The first-order valence-corrected chi connectivity index (χ1v) is 6.11. The van der Waals surface area contributed by atoms with Gasteiger partial charge in [-0.3, -0.25) is 9.69 Å². The Kier molecular flexibility index (Phi) is 4.42. The average Bonchev–Trinajstić information content (AvgIpc) is 2.52. The van der Waals surface area contributed by atoms with Gasteiger partial charge in [-0.05, 0) is 20.8 Å². The predicted molar refractivity (Wildman–Crippen MR) is 67.4 cm³/mol. The molecule has 0 aromatic carbocycles. The largest absolute Gasteiger partial charge is 0.444 e. The van der Waals surface area contributed by atoms with Crippen molar-refractivity contribution < 1.29 is 24.5 Å². The highest BCUT2D eigenvalue weighted by atomic mass is 16.6. The highest BCUT2D eigenvalue weighted by Crippen LogP contribution is 2.23. The second kappa shape index (κ2) is 5.34. The fourth-order valence-electron chi connectivity index (χ4n) is 1.87. The van der Waals surface area contributed by atoms with Crippen LogP contribution in [-0.4, -0.2) is 76.5 Å². The van der Waals surface area contributed by atoms with Crippen molar-refractivity contribution in [2.24, 2.45) is 0 Å². The third kappa shape index (κ3) is 3.57. The van der Waals surface area contributed by atoms with E-state index >= 15 is 0 Å². The molecule has 0 aromatic heterocycles. The first-order chi connectivity index (χ1) is 8.54. The van der Waals surface area contributed by atoms with Crippen molar-refractivity contribution in [3.63, 3.8) is 0 Å². The summed E-state index contributed by atoms with van der Waals surface area (Å²) in [6.45, 7) is 4.99.